The van der Waals surface area contributed by atoms with E-state index in [0.29, 0.717) is 12.2 Å². The number of rotatable bonds is 2. The first-order valence-corrected chi connectivity index (χ1v) is 5.00. The molecule has 7 heteroatoms. The van der Waals surface area contributed by atoms with E-state index in [-0.39, 0.29) is 0 Å². The topological polar surface area (TPSA) is 108 Å². The fourth-order valence-corrected chi connectivity index (χ4v) is 0.746. The summed E-state index contributed by atoms with van der Waals surface area (Å²) in [5, 5.41) is 22.1. The third-order valence-electron chi connectivity index (χ3n) is 1.33. The summed E-state index contributed by atoms with van der Waals surface area (Å²) in [6.45, 7) is 4.56. The Labute approximate surface area is 100 Å². The molecule has 0 amide bonds. The Morgan fingerprint density at radius 3 is 1.29 bits per heavy atom. The van der Waals surface area contributed by atoms with Crippen LogP contribution in [0.1, 0.15) is 0 Å². The number of nitrogens with one attached hydrogen (secondary N) is 2. The van der Waals surface area contributed by atoms with Crippen LogP contribution in [0.2, 0.25) is 0 Å². The van der Waals surface area contributed by atoms with Crippen molar-refractivity contribution in [3.8, 4) is 0 Å². The first-order valence-electron chi connectivity index (χ1n) is 5.00. The maximum absolute atomic E-state index is 9.55. The zero-order chi connectivity index (χ0) is 13.5. The fourth-order valence-electron chi connectivity index (χ4n) is 0.746. The van der Waals surface area contributed by atoms with E-state index in [2.05, 4.69) is 15.4 Å². The summed E-state index contributed by atoms with van der Waals surface area (Å²) >= 11 is 0. The minimum Gasteiger partial charge on any atom is -0.478 e. The fraction of sp³-hybridized carbons (Fsp3) is 0.600. The third-order valence-corrected chi connectivity index (χ3v) is 1.33. The van der Waals surface area contributed by atoms with E-state index in [1.807, 2.05) is 0 Å². The Morgan fingerprint density at radius 2 is 1.18 bits per heavy atom. The van der Waals surface area contributed by atoms with Crippen LogP contribution in [0.15, 0.2) is 12.2 Å². The molecule has 7 nitrogen and oxygen atoms in total. The molecule has 4 N–H and O–H groups in total. The molecule has 0 atom stereocenters. The quantitative estimate of drug-likeness (QED) is 0.471. The molecule has 0 bridgehead atoms. The van der Waals surface area contributed by atoms with Crippen LogP contribution in [-0.2, 0) is 14.3 Å². The average Bonchev–Trinajstić information content (AvgIpc) is 2.30. The number of methoxy groups -OCH3 is 1. The number of carboxylic acids is 2. The third kappa shape index (κ3) is 25.1. The zero-order valence-corrected chi connectivity index (χ0v) is 10.1. The largest absolute Gasteiger partial charge is 0.478 e. The van der Waals surface area contributed by atoms with Crippen molar-refractivity contribution in [3.63, 3.8) is 0 Å². The lowest BCUT2D eigenvalue weighted by Gasteiger charge is -2.11. The van der Waals surface area contributed by atoms with Gasteiger partial charge in [-0.25, -0.2) is 9.59 Å². The highest BCUT2D eigenvalue weighted by molar-refractivity contribution is 5.89. The number of hydrogen-bond acceptors (Lipinski definition) is 5. The zero-order valence-electron chi connectivity index (χ0n) is 10.1. The number of carboxylic acid groups (broad SMARTS) is 2. The SMILES string of the molecule is C1CNCCN1.COC.O=C(O)/C=C/C(=O)O. The first-order chi connectivity index (χ1) is 8.04. The molecule has 0 saturated carbocycles. The number of aliphatic carboxylic acids is 2. The first kappa shape index (κ1) is 17.9. The van der Waals surface area contributed by atoms with Crippen molar-refractivity contribution in [2.75, 3.05) is 40.4 Å². The van der Waals surface area contributed by atoms with Gasteiger partial charge in [0.15, 0.2) is 0 Å². The molecule has 1 saturated heterocycles. The summed E-state index contributed by atoms with van der Waals surface area (Å²) in [6, 6.07) is 0. The van der Waals surface area contributed by atoms with Crippen LogP contribution < -0.4 is 10.6 Å². The predicted molar refractivity (Wildman–Crippen MR) is 63.1 cm³/mol. The number of piperazine rings is 1. The highest BCUT2D eigenvalue weighted by Crippen LogP contribution is 1.70. The van der Waals surface area contributed by atoms with Gasteiger partial charge in [-0.05, 0) is 0 Å². The van der Waals surface area contributed by atoms with E-state index in [0.717, 1.165) is 26.2 Å². The van der Waals surface area contributed by atoms with Crippen molar-refractivity contribution in [3.05, 3.63) is 12.2 Å². The highest BCUT2D eigenvalue weighted by Gasteiger charge is 1.91. The van der Waals surface area contributed by atoms with Crippen LogP contribution in [0.3, 0.4) is 0 Å². The molecule has 17 heavy (non-hydrogen) atoms. The Hall–Kier alpha value is -1.44. The van der Waals surface area contributed by atoms with Gasteiger partial charge in [0.25, 0.3) is 0 Å². The lowest BCUT2D eigenvalue weighted by atomic mass is 10.4. The second-order valence-electron chi connectivity index (χ2n) is 2.92. The lowest BCUT2D eigenvalue weighted by Crippen LogP contribution is -2.39. The van der Waals surface area contributed by atoms with Gasteiger partial charge >= 0.3 is 11.9 Å². The van der Waals surface area contributed by atoms with Crippen molar-refractivity contribution in [1.29, 1.82) is 0 Å². The molecule has 1 aliphatic heterocycles. The number of carbonyl (C=O) groups is 2. The molecule has 0 radical (unpaired) electrons. The minimum absolute atomic E-state index is 0.558. The van der Waals surface area contributed by atoms with Gasteiger partial charge in [0.2, 0.25) is 0 Å². The van der Waals surface area contributed by atoms with Crippen molar-refractivity contribution < 1.29 is 24.5 Å². The van der Waals surface area contributed by atoms with Crippen molar-refractivity contribution in [1.82, 2.24) is 10.6 Å². The molecule has 1 rings (SSSR count). The van der Waals surface area contributed by atoms with Gasteiger partial charge in [-0.3, -0.25) is 0 Å². The molecule has 0 aromatic heterocycles. The van der Waals surface area contributed by atoms with Gasteiger partial charge in [-0.1, -0.05) is 0 Å². The molecular formula is C10H20N2O5. The average molecular weight is 248 g/mol. The van der Waals surface area contributed by atoms with Crippen LogP contribution in [0, 0.1) is 0 Å². The molecular weight excluding hydrogens is 228 g/mol. The van der Waals surface area contributed by atoms with Gasteiger partial charge in [0, 0.05) is 52.6 Å². The van der Waals surface area contributed by atoms with E-state index in [1.165, 1.54) is 0 Å². The molecule has 0 spiro atoms. The lowest BCUT2D eigenvalue weighted by molar-refractivity contribution is -0.134. The summed E-state index contributed by atoms with van der Waals surface area (Å²) in [7, 11) is 3.25. The Morgan fingerprint density at radius 1 is 0.941 bits per heavy atom. The summed E-state index contributed by atoms with van der Waals surface area (Å²) < 4.78 is 4.25. The molecule has 0 aromatic rings. The summed E-state index contributed by atoms with van der Waals surface area (Å²) in [5.41, 5.74) is 0. The smallest absolute Gasteiger partial charge is 0.328 e. The van der Waals surface area contributed by atoms with E-state index in [4.69, 9.17) is 10.2 Å². The van der Waals surface area contributed by atoms with E-state index < -0.39 is 11.9 Å². The molecule has 0 aliphatic carbocycles. The van der Waals surface area contributed by atoms with Crippen LogP contribution in [0.4, 0.5) is 0 Å². The maximum Gasteiger partial charge on any atom is 0.328 e. The maximum atomic E-state index is 9.55. The second kappa shape index (κ2) is 14.6. The number of ether oxygens (including phenoxy) is 1. The normalized spacial score (nSPS) is 14.0. The summed E-state index contributed by atoms with van der Waals surface area (Å²) in [6.07, 6.45) is 1.12. The molecule has 100 valence electrons. The monoisotopic (exact) mass is 248 g/mol. The molecule has 0 unspecified atom stereocenters. The molecule has 0 aromatic carbocycles. The van der Waals surface area contributed by atoms with Gasteiger partial charge in [-0.15, -0.1) is 0 Å². The molecule has 1 heterocycles. The Balaban J connectivity index is 0. The van der Waals surface area contributed by atoms with Crippen molar-refractivity contribution >= 4 is 11.9 Å². The minimum atomic E-state index is -1.26. The number of hydrogen-bond donors (Lipinski definition) is 4. The van der Waals surface area contributed by atoms with Crippen LogP contribution in [0.25, 0.3) is 0 Å². The van der Waals surface area contributed by atoms with Gasteiger partial charge in [0.05, 0.1) is 0 Å². The van der Waals surface area contributed by atoms with Crippen LogP contribution >= 0.6 is 0 Å². The van der Waals surface area contributed by atoms with Crippen LogP contribution in [-0.4, -0.2) is 62.6 Å². The van der Waals surface area contributed by atoms with Crippen molar-refractivity contribution in [2.45, 2.75) is 0 Å². The Bertz CT molecular complexity index is 199. The second-order valence-corrected chi connectivity index (χ2v) is 2.92. The van der Waals surface area contributed by atoms with Gasteiger partial charge < -0.3 is 25.6 Å². The standard InChI is InChI=1S/C4H10N2.C4H4O4.C2H6O/c1-2-6-4-3-5-1;5-3(6)1-2-4(7)8;1-3-2/h5-6H,1-4H2;1-2H,(H,5,6)(H,7,8);1-2H3/b;2-1+;. The summed E-state index contributed by atoms with van der Waals surface area (Å²) in [4.78, 5) is 19.1. The Kier molecular flexibility index (Phi) is 15.4. The van der Waals surface area contributed by atoms with Gasteiger partial charge in [0.1, 0.15) is 0 Å². The highest BCUT2D eigenvalue weighted by atomic mass is 16.4. The van der Waals surface area contributed by atoms with E-state index in [1.54, 1.807) is 14.2 Å². The molecule has 1 aliphatic rings. The van der Waals surface area contributed by atoms with Gasteiger partial charge in [-0.2, -0.15) is 0 Å². The van der Waals surface area contributed by atoms with Crippen LogP contribution in [0.5, 0.6) is 0 Å². The predicted octanol–water partition coefficient (Wildman–Crippen LogP) is -0.846. The van der Waals surface area contributed by atoms with E-state index >= 15 is 0 Å². The van der Waals surface area contributed by atoms with Crippen molar-refractivity contribution in [2.24, 2.45) is 0 Å². The summed E-state index contributed by atoms with van der Waals surface area (Å²) in [5.74, 6) is -2.51. The van der Waals surface area contributed by atoms with E-state index in [9.17, 15) is 9.59 Å². The molecule has 1 fully saturated rings.